The molecule has 1 amide bonds. The summed E-state index contributed by atoms with van der Waals surface area (Å²) in [4.78, 5) is 20.2. The van der Waals surface area contributed by atoms with Crippen molar-refractivity contribution >= 4 is 23.6 Å². The number of aryl methyl sites for hydroxylation is 1. The molecule has 0 aliphatic heterocycles. The molecular weight excluding hydrogens is 326 g/mol. The van der Waals surface area contributed by atoms with E-state index in [9.17, 15) is 4.79 Å². The molecule has 0 spiro atoms. The Balaban J connectivity index is 1.74. The molecule has 0 aliphatic carbocycles. The van der Waals surface area contributed by atoms with Crippen molar-refractivity contribution in [1.82, 2.24) is 30.2 Å². The number of nitrogens with one attached hydrogen (secondary N) is 1. The zero-order chi connectivity index (χ0) is 16.9. The Bertz CT molecular complexity index is 837. The average molecular weight is 341 g/mol. The summed E-state index contributed by atoms with van der Waals surface area (Å²) in [5.41, 5.74) is 1.92. The quantitative estimate of drug-likeness (QED) is 0.707. The fourth-order valence-corrected chi connectivity index (χ4v) is 2.79. The van der Waals surface area contributed by atoms with E-state index in [0.29, 0.717) is 5.16 Å². The maximum absolute atomic E-state index is 12.3. The lowest BCUT2D eigenvalue weighted by Gasteiger charge is -2.11. The monoisotopic (exact) mass is 341 g/mol. The fraction of sp³-hybridized carbons (Fsp3) is 0.200. The Morgan fingerprint density at radius 3 is 2.71 bits per heavy atom. The van der Waals surface area contributed by atoms with Crippen LogP contribution in [0.1, 0.15) is 12.5 Å². The first-order chi connectivity index (χ1) is 11.6. The van der Waals surface area contributed by atoms with Crippen molar-refractivity contribution < 1.29 is 4.79 Å². The van der Waals surface area contributed by atoms with E-state index in [2.05, 4.69) is 30.8 Å². The molecule has 122 valence electrons. The molecule has 2 aromatic heterocycles. The third-order valence-corrected chi connectivity index (χ3v) is 4.27. The molecule has 0 radical (unpaired) electrons. The van der Waals surface area contributed by atoms with E-state index < -0.39 is 5.25 Å². The van der Waals surface area contributed by atoms with Gasteiger partial charge in [-0.15, -0.1) is 5.10 Å². The summed E-state index contributed by atoms with van der Waals surface area (Å²) in [6.45, 7) is 3.76. The molecule has 8 nitrogen and oxygen atoms in total. The van der Waals surface area contributed by atoms with Gasteiger partial charge in [-0.3, -0.25) is 10.1 Å². The van der Waals surface area contributed by atoms with Gasteiger partial charge in [0, 0.05) is 12.4 Å². The van der Waals surface area contributed by atoms with Gasteiger partial charge in [-0.25, -0.2) is 9.97 Å². The Morgan fingerprint density at radius 2 is 1.96 bits per heavy atom. The third-order valence-electron chi connectivity index (χ3n) is 3.24. The number of rotatable bonds is 5. The lowest BCUT2D eigenvalue weighted by Crippen LogP contribution is -2.24. The minimum absolute atomic E-state index is 0.217. The molecule has 1 atom stereocenters. The van der Waals surface area contributed by atoms with Gasteiger partial charge in [-0.1, -0.05) is 30.0 Å². The second-order valence-corrected chi connectivity index (χ2v) is 6.29. The molecule has 0 fully saturated rings. The number of anilines is 1. The number of nitrogens with zero attached hydrogens (tertiary/aromatic N) is 6. The van der Waals surface area contributed by atoms with Gasteiger partial charge in [0.05, 0.1) is 10.9 Å². The molecule has 24 heavy (non-hydrogen) atoms. The Hall–Kier alpha value is -2.81. The lowest BCUT2D eigenvalue weighted by atomic mass is 10.2. The summed E-state index contributed by atoms with van der Waals surface area (Å²) in [6.07, 6.45) is 3.14. The highest BCUT2D eigenvalue weighted by molar-refractivity contribution is 8.00. The van der Waals surface area contributed by atoms with Crippen molar-refractivity contribution in [2.24, 2.45) is 0 Å². The van der Waals surface area contributed by atoms with Crippen LogP contribution in [0.2, 0.25) is 0 Å². The zero-order valence-electron chi connectivity index (χ0n) is 13.1. The van der Waals surface area contributed by atoms with Gasteiger partial charge in [-0.2, -0.15) is 4.68 Å². The first-order valence-electron chi connectivity index (χ1n) is 7.24. The van der Waals surface area contributed by atoms with Gasteiger partial charge in [-0.05, 0) is 42.0 Å². The summed E-state index contributed by atoms with van der Waals surface area (Å²) in [7, 11) is 0. The van der Waals surface area contributed by atoms with Gasteiger partial charge in [0.1, 0.15) is 0 Å². The fourth-order valence-electron chi connectivity index (χ4n) is 1.99. The first kappa shape index (κ1) is 16.1. The summed E-state index contributed by atoms with van der Waals surface area (Å²) >= 11 is 1.27. The van der Waals surface area contributed by atoms with Gasteiger partial charge in [0.25, 0.3) is 0 Å². The number of amides is 1. The maximum Gasteiger partial charge on any atom is 0.240 e. The molecule has 9 heteroatoms. The van der Waals surface area contributed by atoms with Crippen molar-refractivity contribution in [3.63, 3.8) is 0 Å². The zero-order valence-corrected chi connectivity index (χ0v) is 13.9. The highest BCUT2D eigenvalue weighted by atomic mass is 32.2. The minimum atomic E-state index is -0.414. The number of carbonyl (C=O) groups is 1. The Labute approximate surface area is 142 Å². The van der Waals surface area contributed by atoms with Gasteiger partial charge in [0.2, 0.25) is 17.0 Å². The van der Waals surface area contributed by atoms with E-state index in [1.165, 1.54) is 11.8 Å². The number of carbonyl (C=O) groups excluding carboxylic acids is 1. The molecule has 2 heterocycles. The summed E-state index contributed by atoms with van der Waals surface area (Å²) in [5, 5.41) is 14.6. The van der Waals surface area contributed by atoms with Crippen molar-refractivity contribution in [2.75, 3.05) is 5.32 Å². The largest absolute Gasteiger partial charge is 0.294 e. The lowest BCUT2D eigenvalue weighted by molar-refractivity contribution is -0.115. The normalized spacial score (nSPS) is 11.9. The van der Waals surface area contributed by atoms with Crippen molar-refractivity contribution in [2.45, 2.75) is 24.3 Å². The van der Waals surface area contributed by atoms with E-state index in [0.717, 1.165) is 11.3 Å². The second-order valence-electron chi connectivity index (χ2n) is 4.98. The number of para-hydroxylation sites is 1. The van der Waals surface area contributed by atoms with Crippen LogP contribution >= 0.6 is 11.8 Å². The number of benzene rings is 1. The highest BCUT2D eigenvalue weighted by Crippen LogP contribution is 2.24. The van der Waals surface area contributed by atoms with Crippen LogP contribution in [0.25, 0.3) is 5.69 Å². The molecule has 3 aromatic rings. The Morgan fingerprint density at radius 1 is 1.21 bits per heavy atom. The number of thioether (sulfide) groups is 1. The van der Waals surface area contributed by atoms with Crippen LogP contribution < -0.4 is 5.32 Å². The van der Waals surface area contributed by atoms with Crippen molar-refractivity contribution in [1.29, 1.82) is 0 Å². The standard InChI is InChI=1S/C15H15N7OS/c1-10-6-3-4-7-12(10)22-15(19-20-21-22)24-11(2)13(23)18-14-16-8-5-9-17-14/h3-9,11H,1-2H3,(H,16,17,18,23). The van der Waals surface area contributed by atoms with Gasteiger partial charge in [0.15, 0.2) is 0 Å². The minimum Gasteiger partial charge on any atom is -0.294 e. The molecule has 0 saturated heterocycles. The summed E-state index contributed by atoms with van der Waals surface area (Å²) in [5.74, 6) is 0.0546. The van der Waals surface area contributed by atoms with E-state index in [1.54, 1.807) is 30.1 Å². The van der Waals surface area contributed by atoms with Crippen molar-refractivity contribution in [3.8, 4) is 5.69 Å². The van der Waals surface area contributed by atoms with Crippen LogP contribution in [0.3, 0.4) is 0 Å². The van der Waals surface area contributed by atoms with E-state index in [1.807, 2.05) is 31.2 Å². The van der Waals surface area contributed by atoms with Crippen LogP contribution in [-0.2, 0) is 4.79 Å². The number of hydrogen-bond donors (Lipinski definition) is 1. The highest BCUT2D eigenvalue weighted by Gasteiger charge is 2.20. The van der Waals surface area contributed by atoms with Crippen LogP contribution in [0.4, 0.5) is 5.95 Å². The van der Waals surface area contributed by atoms with Crippen LogP contribution in [-0.4, -0.2) is 41.3 Å². The van der Waals surface area contributed by atoms with Crippen LogP contribution in [0.15, 0.2) is 47.9 Å². The molecule has 0 bridgehead atoms. The predicted molar refractivity (Wildman–Crippen MR) is 89.9 cm³/mol. The predicted octanol–water partition coefficient (Wildman–Crippen LogP) is 1.88. The smallest absolute Gasteiger partial charge is 0.240 e. The van der Waals surface area contributed by atoms with E-state index in [4.69, 9.17) is 0 Å². The molecule has 0 aliphatic rings. The van der Waals surface area contributed by atoms with Crippen LogP contribution in [0, 0.1) is 6.92 Å². The van der Waals surface area contributed by atoms with Crippen LogP contribution in [0.5, 0.6) is 0 Å². The summed E-state index contributed by atoms with van der Waals surface area (Å²) < 4.78 is 1.63. The SMILES string of the molecule is Cc1ccccc1-n1nnnc1SC(C)C(=O)Nc1ncccn1. The number of aromatic nitrogens is 6. The molecular formula is C15H15N7OS. The molecule has 0 saturated carbocycles. The molecule has 1 aromatic carbocycles. The molecule has 1 N–H and O–H groups in total. The molecule has 3 rings (SSSR count). The van der Waals surface area contributed by atoms with Gasteiger partial charge < -0.3 is 0 Å². The van der Waals surface area contributed by atoms with Gasteiger partial charge >= 0.3 is 0 Å². The topological polar surface area (TPSA) is 98.5 Å². The third kappa shape index (κ3) is 3.57. The first-order valence-corrected chi connectivity index (χ1v) is 8.12. The second kappa shape index (κ2) is 7.18. The van der Waals surface area contributed by atoms with Crippen molar-refractivity contribution in [3.05, 3.63) is 48.3 Å². The maximum atomic E-state index is 12.3. The molecule has 1 unspecified atom stereocenters. The Kier molecular flexibility index (Phi) is 4.80. The van der Waals surface area contributed by atoms with E-state index >= 15 is 0 Å². The number of tetrazole rings is 1. The number of hydrogen-bond acceptors (Lipinski definition) is 7. The average Bonchev–Trinajstić information content (AvgIpc) is 3.04. The van der Waals surface area contributed by atoms with E-state index in [-0.39, 0.29) is 11.9 Å². The summed E-state index contributed by atoms with van der Waals surface area (Å²) in [6, 6.07) is 9.46.